The van der Waals surface area contributed by atoms with E-state index in [0.717, 1.165) is 26.1 Å². The Morgan fingerprint density at radius 2 is 2.35 bits per heavy atom. The normalized spacial score (nSPS) is 21.8. The quantitative estimate of drug-likeness (QED) is 0.685. The Balaban J connectivity index is 2.41. The summed E-state index contributed by atoms with van der Waals surface area (Å²) in [5.41, 5.74) is 0. The molecule has 0 radical (unpaired) electrons. The van der Waals surface area contributed by atoms with Crippen LogP contribution in [0.1, 0.15) is 39.5 Å². The van der Waals surface area contributed by atoms with Crippen molar-refractivity contribution in [1.82, 2.24) is 10.2 Å². The van der Waals surface area contributed by atoms with E-state index in [2.05, 4.69) is 24.1 Å². The van der Waals surface area contributed by atoms with Crippen molar-refractivity contribution < 1.29 is 9.53 Å². The van der Waals surface area contributed by atoms with Gasteiger partial charge in [0.25, 0.3) is 0 Å². The highest BCUT2D eigenvalue weighted by atomic mass is 16.5. The van der Waals surface area contributed by atoms with Crippen molar-refractivity contribution in [3.05, 3.63) is 0 Å². The smallest absolute Gasteiger partial charge is 0.307 e. The molecule has 4 nitrogen and oxygen atoms in total. The van der Waals surface area contributed by atoms with Crippen LogP contribution in [0.15, 0.2) is 0 Å². The van der Waals surface area contributed by atoms with E-state index < -0.39 is 0 Å². The fraction of sp³-hybridized carbons (Fsp3) is 0.923. The lowest BCUT2D eigenvalue weighted by atomic mass is 10.1. The lowest BCUT2D eigenvalue weighted by Crippen LogP contribution is -2.43. The zero-order chi connectivity index (χ0) is 12.7. The molecule has 0 aromatic rings. The van der Waals surface area contributed by atoms with Crippen LogP contribution in [0.2, 0.25) is 0 Å². The minimum atomic E-state index is -0.113. The molecule has 0 amide bonds. The van der Waals surface area contributed by atoms with Gasteiger partial charge in [0.15, 0.2) is 0 Å². The Kier molecular flexibility index (Phi) is 6.52. The molecular weight excluding hydrogens is 216 g/mol. The molecule has 1 heterocycles. The van der Waals surface area contributed by atoms with E-state index in [1.807, 2.05) is 0 Å². The fourth-order valence-electron chi connectivity index (χ4n) is 2.43. The molecule has 2 atom stereocenters. The number of methoxy groups -OCH3 is 1. The zero-order valence-electron chi connectivity index (χ0n) is 11.4. The van der Waals surface area contributed by atoms with Crippen LogP contribution in [0.25, 0.3) is 0 Å². The van der Waals surface area contributed by atoms with E-state index in [1.165, 1.54) is 20.0 Å². The second-order valence-electron chi connectivity index (χ2n) is 4.92. The molecule has 1 rings (SSSR count). The SMILES string of the molecule is CCCN(CC1CCCN1)C(C)CC(=O)OC. The van der Waals surface area contributed by atoms with E-state index in [4.69, 9.17) is 4.74 Å². The highest BCUT2D eigenvalue weighted by Crippen LogP contribution is 2.12. The monoisotopic (exact) mass is 242 g/mol. The first kappa shape index (κ1) is 14.5. The average molecular weight is 242 g/mol. The van der Waals surface area contributed by atoms with Crippen molar-refractivity contribution in [2.75, 3.05) is 26.7 Å². The highest BCUT2D eigenvalue weighted by Gasteiger charge is 2.22. The second kappa shape index (κ2) is 7.67. The Morgan fingerprint density at radius 3 is 2.88 bits per heavy atom. The van der Waals surface area contributed by atoms with Crippen molar-refractivity contribution in [2.45, 2.75) is 51.6 Å². The summed E-state index contributed by atoms with van der Waals surface area (Å²) in [5.74, 6) is -0.113. The standard InChI is InChI=1S/C13H26N2O2/c1-4-8-15(10-12-6-5-7-14-12)11(2)9-13(16)17-3/h11-12,14H,4-10H2,1-3H3. The van der Waals surface area contributed by atoms with Crippen molar-refractivity contribution >= 4 is 5.97 Å². The lowest BCUT2D eigenvalue weighted by molar-refractivity contribution is -0.141. The minimum Gasteiger partial charge on any atom is -0.469 e. The number of nitrogens with one attached hydrogen (secondary N) is 1. The molecule has 4 heteroatoms. The van der Waals surface area contributed by atoms with Crippen LogP contribution >= 0.6 is 0 Å². The first-order valence-electron chi connectivity index (χ1n) is 6.71. The number of carbonyl (C=O) groups excluding carboxylic acids is 1. The molecule has 0 aromatic heterocycles. The van der Waals surface area contributed by atoms with Gasteiger partial charge in [-0.25, -0.2) is 0 Å². The summed E-state index contributed by atoms with van der Waals surface area (Å²) < 4.78 is 4.74. The molecule has 1 N–H and O–H groups in total. The summed E-state index contributed by atoms with van der Waals surface area (Å²) in [6, 6.07) is 0.867. The number of hydrogen-bond donors (Lipinski definition) is 1. The molecule has 1 aliphatic heterocycles. The summed E-state index contributed by atoms with van der Waals surface area (Å²) in [6.07, 6.45) is 4.14. The molecule has 0 bridgehead atoms. The van der Waals surface area contributed by atoms with E-state index in [-0.39, 0.29) is 12.0 Å². The molecule has 0 saturated carbocycles. The van der Waals surface area contributed by atoms with Gasteiger partial charge >= 0.3 is 5.97 Å². The van der Waals surface area contributed by atoms with Crippen LogP contribution in [0.3, 0.4) is 0 Å². The molecule has 100 valence electrons. The van der Waals surface area contributed by atoms with Crippen LogP contribution in [0, 0.1) is 0 Å². The molecular formula is C13H26N2O2. The van der Waals surface area contributed by atoms with Crippen LogP contribution < -0.4 is 5.32 Å². The summed E-state index contributed by atoms with van der Waals surface area (Å²) in [5, 5.41) is 3.51. The van der Waals surface area contributed by atoms with Gasteiger partial charge in [-0.05, 0) is 39.3 Å². The predicted octanol–water partition coefficient (Wildman–Crippen LogP) is 1.40. The van der Waals surface area contributed by atoms with Crippen molar-refractivity contribution in [1.29, 1.82) is 0 Å². The van der Waals surface area contributed by atoms with E-state index in [0.29, 0.717) is 12.5 Å². The second-order valence-corrected chi connectivity index (χ2v) is 4.92. The third-order valence-corrected chi connectivity index (χ3v) is 3.44. The molecule has 0 aromatic carbocycles. The number of ether oxygens (including phenoxy) is 1. The van der Waals surface area contributed by atoms with Gasteiger partial charge in [-0.15, -0.1) is 0 Å². The van der Waals surface area contributed by atoms with Crippen LogP contribution in [-0.4, -0.2) is 49.7 Å². The van der Waals surface area contributed by atoms with Gasteiger partial charge in [-0.3, -0.25) is 9.69 Å². The highest BCUT2D eigenvalue weighted by molar-refractivity contribution is 5.69. The van der Waals surface area contributed by atoms with Crippen LogP contribution in [0.4, 0.5) is 0 Å². The van der Waals surface area contributed by atoms with E-state index in [1.54, 1.807) is 0 Å². The summed E-state index contributed by atoms with van der Waals surface area (Å²) in [6.45, 7) is 7.53. The number of carbonyl (C=O) groups is 1. The van der Waals surface area contributed by atoms with Gasteiger partial charge in [0.05, 0.1) is 13.5 Å². The van der Waals surface area contributed by atoms with E-state index in [9.17, 15) is 4.79 Å². The maximum Gasteiger partial charge on any atom is 0.307 e. The van der Waals surface area contributed by atoms with Crippen molar-refractivity contribution in [2.24, 2.45) is 0 Å². The largest absolute Gasteiger partial charge is 0.469 e. The Labute approximate surface area is 105 Å². The molecule has 1 fully saturated rings. The maximum absolute atomic E-state index is 11.3. The molecule has 0 spiro atoms. The van der Waals surface area contributed by atoms with Crippen molar-refractivity contribution in [3.8, 4) is 0 Å². The topological polar surface area (TPSA) is 41.6 Å². The molecule has 0 aliphatic carbocycles. The van der Waals surface area contributed by atoms with E-state index >= 15 is 0 Å². The van der Waals surface area contributed by atoms with Gasteiger partial charge in [-0.2, -0.15) is 0 Å². The molecule has 2 unspecified atom stereocenters. The first-order chi connectivity index (χ1) is 8.17. The van der Waals surface area contributed by atoms with Crippen LogP contribution in [0.5, 0.6) is 0 Å². The summed E-state index contributed by atoms with van der Waals surface area (Å²) in [7, 11) is 1.46. The van der Waals surface area contributed by atoms with Gasteiger partial charge in [0.2, 0.25) is 0 Å². The van der Waals surface area contributed by atoms with Gasteiger partial charge in [-0.1, -0.05) is 6.92 Å². The molecule has 17 heavy (non-hydrogen) atoms. The third kappa shape index (κ3) is 5.04. The van der Waals surface area contributed by atoms with Gasteiger partial charge in [0.1, 0.15) is 0 Å². The van der Waals surface area contributed by atoms with Gasteiger partial charge < -0.3 is 10.1 Å². The van der Waals surface area contributed by atoms with Crippen molar-refractivity contribution in [3.63, 3.8) is 0 Å². The lowest BCUT2D eigenvalue weighted by Gasteiger charge is -2.30. The van der Waals surface area contributed by atoms with Gasteiger partial charge in [0, 0.05) is 18.6 Å². The maximum atomic E-state index is 11.3. The number of hydrogen-bond acceptors (Lipinski definition) is 4. The fourth-order valence-corrected chi connectivity index (χ4v) is 2.43. The number of nitrogens with zero attached hydrogens (tertiary/aromatic N) is 1. The average Bonchev–Trinajstić information content (AvgIpc) is 2.81. The predicted molar refractivity (Wildman–Crippen MR) is 69.0 cm³/mol. The Morgan fingerprint density at radius 1 is 1.59 bits per heavy atom. The minimum absolute atomic E-state index is 0.113. The summed E-state index contributed by atoms with van der Waals surface area (Å²) >= 11 is 0. The summed E-state index contributed by atoms with van der Waals surface area (Å²) in [4.78, 5) is 13.7. The number of rotatable bonds is 7. The molecule has 1 aliphatic rings. The number of esters is 1. The zero-order valence-corrected chi connectivity index (χ0v) is 11.4. The van der Waals surface area contributed by atoms with Crippen LogP contribution in [-0.2, 0) is 9.53 Å². The third-order valence-electron chi connectivity index (χ3n) is 3.44. The Bertz CT molecular complexity index is 227. The Hall–Kier alpha value is -0.610. The molecule has 1 saturated heterocycles. The first-order valence-corrected chi connectivity index (χ1v) is 6.71.